The molecule has 0 radical (unpaired) electrons. The van der Waals surface area contributed by atoms with Gasteiger partial charge in [-0.05, 0) is 37.6 Å². The van der Waals surface area contributed by atoms with Crippen LogP contribution in [-0.2, 0) is 25.3 Å². The van der Waals surface area contributed by atoms with Crippen LogP contribution in [0.1, 0.15) is 63.5 Å². The van der Waals surface area contributed by atoms with Crippen molar-refractivity contribution in [3.05, 3.63) is 52.1 Å². The van der Waals surface area contributed by atoms with Gasteiger partial charge < -0.3 is 35.9 Å². The number of nitrogens with two attached hydrogens (primary N) is 1. The summed E-state index contributed by atoms with van der Waals surface area (Å²) in [6.07, 6.45) is 2.80. The molecule has 18 heteroatoms. The fourth-order valence-electron chi connectivity index (χ4n) is 5.65. The first kappa shape index (κ1) is 39.3. The van der Waals surface area contributed by atoms with Crippen molar-refractivity contribution >= 4 is 54.9 Å². The third kappa shape index (κ3) is 9.31. The maximum atomic E-state index is 13.8. The van der Waals surface area contributed by atoms with E-state index in [9.17, 15) is 33.4 Å². The molecule has 0 aliphatic rings. The van der Waals surface area contributed by atoms with Gasteiger partial charge in [-0.25, -0.2) is 14.8 Å². The summed E-state index contributed by atoms with van der Waals surface area (Å²) in [6.45, 7) is 9.78. The number of hydrogen-bond donors (Lipinski definition) is 7. The molecule has 3 rings (SSSR count). The first-order valence-corrected chi connectivity index (χ1v) is 20.4. The molecular formula is C31H47N9O7P2. The van der Waals surface area contributed by atoms with Crippen molar-refractivity contribution in [2.24, 2.45) is 0 Å². The van der Waals surface area contributed by atoms with E-state index in [1.807, 2.05) is 27.7 Å². The number of hydrogen-bond acceptors (Lipinski definition) is 12. The average Bonchev–Trinajstić information content (AvgIpc) is 3.09. The molecule has 1 aromatic carbocycles. The Hall–Kier alpha value is -4.13. The van der Waals surface area contributed by atoms with Crippen molar-refractivity contribution in [3.8, 4) is 0 Å². The Bertz CT molecular complexity index is 1760. The fraction of sp³-hybridized carbons (Fsp3) is 0.516. The quantitative estimate of drug-likeness (QED) is 0.0696. The Morgan fingerprint density at radius 1 is 0.980 bits per heavy atom. The molecule has 3 aromatic rings. The molecule has 49 heavy (non-hydrogen) atoms. The van der Waals surface area contributed by atoms with Gasteiger partial charge in [0.2, 0.25) is 11.9 Å². The standard InChI is InChI=1S/C31H47N9O7P2/c1-6-48(46,7-2)31(5,49(47,8-3)9-4)36-17-16-33-24(41)15-14-23(29(44)45)38-27(42)20-10-12-21(13-11-20)34-18-22-19-35-26-25(37-22)28(43)40-30(32)39-26/h10-13,19,23,34,36H,6-9,14-18H2,1-5H3,(H,33,41)(H,38,42)(H,44,45)(H3,32,35,39,40,43). The lowest BCUT2D eigenvalue weighted by molar-refractivity contribution is -0.139. The van der Waals surface area contributed by atoms with E-state index in [2.05, 4.69) is 41.2 Å². The Labute approximate surface area is 285 Å². The van der Waals surface area contributed by atoms with E-state index in [1.165, 1.54) is 18.3 Å². The van der Waals surface area contributed by atoms with Crippen LogP contribution in [0.4, 0.5) is 11.6 Å². The van der Waals surface area contributed by atoms with Crippen LogP contribution in [-0.4, -0.2) is 91.6 Å². The molecule has 268 valence electrons. The lowest BCUT2D eigenvalue weighted by Gasteiger charge is -2.43. The van der Waals surface area contributed by atoms with E-state index in [0.29, 0.717) is 36.0 Å². The number of nitrogens with one attached hydrogen (secondary N) is 5. The zero-order valence-corrected chi connectivity index (χ0v) is 30.3. The SMILES string of the molecule is CCP(=O)(CC)C(C)(NCCNC(=O)CCC(NC(=O)c1ccc(NCc2cnc3nc(N)[nH]c(=O)c3n2)cc1)C(=O)O)P(=O)(CC)CC. The summed E-state index contributed by atoms with van der Waals surface area (Å²) in [5.41, 5.74) is 6.50. The number of carbonyl (C=O) groups is 3. The highest BCUT2D eigenvalue weighted by atomic mass is 31.2. The number of rotatable bonds is 19. The maximum Gasteiger partial charge on any atom is 0.326 e. The summed E-state index contributed by atoms with van der Waals surface area (Å²) < 4.78 is 27.6. The molecule has 0 aliphatic carbocycles. The Kier molecular flexibility index (Phi) is 13.6. The van der Waals surface area contributed by atoms with Crippen molar-refractivity contribution in [1.82, 2.24) is 35.9 Å². The molecule has 2 heterocycles. The van der Waals surface area contributed by atoms with Gasteiger partial charge >= 0.3 is 5.97 Å². The van der Waals surface area contributed by atoms with Crippen molar-refractivity contribution in [2.75, 3.05) is 48.8 Å². The highest BCUT2D eigenvalue weighted by Gasteiger charge is 2.52. The van der Waals surface area contributed by atoms with Gasteiger partial charge in [0, 0.05) is 55.4 Å². The van der Waals surface area contributed by atoms with Crippen molar-refractivity contribution in [1.29, 1.82) is 0 Å². The van der Waals surface area contributed by atoms with Crippen LogP contribution < -0.4 is 32.6 Å². The van der Waals surface area contributed by atoms with Crippen LogP contribution >= 0.6 is 14.3 Å². The number of carbonyl (C=O) groups excluding carboxylic acids is 2. The summed E-state index contributed by atoms with van der Waals surface area (Å²) in [7, 11) is -5.69. The van der Waals surface area contributed by atoms with Crippen LogP contribution in [0.3, 0.4) is 0 Å². The smallest absolute Gasteiger partial charge is 0.326 e. The molecule has 1 atom stereocenters. The Morgan fingerprint density at radius 2 is 1.59 bits per heavy atom. The van der Waals surface area contributed by atoms with Gasteiger partial charge in [-0.15, -0.1) is 0 Å². The Balaban J connectivity index is 1.51. The van der Waals surface area contributed by atoms with Crippen LogP contribution in [0, 0.1) is 0 Å². The number of nitrogens with zero attached hydrogens (tertiary/aromatic N) is 3. The first-order chi connectivity index (χ1) is 23.2. The molecular weight excluding hydrogens is 672 g/mol. The second-order valence-electron chi connectivity index (χ2n) is 11.7. The summed E-state index contributed by atoms with van der Waals surface area (Å²) in [6, 6.07) is 4.97. The minimum atomic E-state index is -2.84. The lowest BCUT2D eigenvalue weighted by Crippen LogP contribution is -2.47. The largest absolute Gasteiger partial charge is 0.480 e. The van der Waals surface area contributed by atoms with E-state index >= 15 is 0 Å². The molecule has 0 fully saturated rings. The number of aliphatic carboxylic acids is 1. The van der Waals surface area contributed by atoms with E-state index in [1.54, 1.807) is 19.1 Å². The van der Waals surface area contributed by atoms with Gasteiger partial charge in [-0.3, -0.25) is 24.7 Å². The number of aromatic nitrogens is 4. The number of carboxylic acid groups (broad SMARTS) is 1. The minimum Gasteiger partial charge on any atom is -0.480 e. The highest BCUT2D eigenvalue weighted by Crippen LogP contribution is 2.73. The fourth-order valence-corrected chi connectivity index (χ4v) is 14.2. The number of amides is 2. The van der Waals surface area contributed by atoms with Crippen LogP contribution in [0.5, 0.6) is 0 Å². The molecule has 2 amide bonds. The number of H-pyrrole nitrogens is 1. The van der Waals surface area contributed by atoms with Crippen molar-refractivity contribution < 1.29 is 28.6 Å². The minimum absolute atomic E-state index is 0.0503. The van der Waals surface area contributed by atoms with E-state index < -0.39 is 48.7 Å². The van der Waals surface area contributed by atoms with Gasteiger partial charge in [0.15, 0.2) is 11.2 Å². The van der Waals surface area contributed by atoms with Gasteiger partial charge in [0.25, 0.3) is 11.5 Å². The topological polar surface area (TPSA) is 251 Å². The van der Waals surface area contributed by atoms with Gasteiger partial charge in [-0.2, -0.15) is 4.98 Å². The monoisotopic (exact) mass is 719 g/mol. The summed E-state index contributed by atoms with van der Waals surface area (Å²) in [4.78, 5) is 64.0. The maximum absolute atomic E-state index is 13.8. The third-order valence-corrected chi connectivity index (χ3v) is 18.7. The molecule has 1 unspecified atom stereocenters. The van der Waals surface area contributed by atoms with Crippen molar-refractivity contribution in [2.45, 2.75) is 65.1 Å². The third-order valence-electron chi connectivity index (χ3n) is 8.91. The molecule has 0 saturated heterocycles. The van der Waals surface area contributed by atoms with Gasteiger partial charge in [-0.1, -0.05) is 27.7 Å². The second-order valence-corrected chi connectivity index (χ2v) is 19.9. The summed E-state index contributed by atoms with van der Waals surface area (Å²) in [5, 5.41) is 20.2. The number of benzene rings is 1. The van der Waals surface area contributed by atoms with E-state index in [0.717, 1.165) is 0 Å². The van der Waals surface area contributed by atoms with Crippen LogP contribution in [0.15, 0.2) is 35.3 Å². The molecule has 8 N–H and O–H groups in total. The zero-order chi connectivity index (χ0) is 36.4. The average molecular weight is 720 g/mol. The number of fused-ring (bicyclic) bond motifs is 1. The molecule has 16 nitrogen and oxygen atoms in total. The van der Waals surface area contributed by atoms with Gasteiger partial charge in [0.1, 0.15) is 25.3 Å². The van der Waals surface area contributed by atoms with E-state index in [4.69, 9.17) is 5.73 Å². The predicted molar refractivity (Wildman–Crippen MR) is 191 cm³/mol. The highest BCUT2D eigenvalue weighted by molar-refractivity contribution is 7.83. The Morgan fingerprint density at radius 3 is 2.16 bits per heavy atom. The summed E-state index contributed by atoms with van der Waals surface area (Å²) >= 11 is 0. The second kappa shape index (κ2) is 17.0. The zero-order valence-electron chi connectivity index (χ0n) is 28.5. The van der Waals surface area contributed by atoms with Crippen molar-refractivity contribution in [3.63, 3.8) is 0 Å². The molecule has 2 aromatic heterocycles. The summed E-state index contributed by atoms with van der Waals surface area (Å²) in [5.74, 6) is -2.38. The van der Waals surface area contributed by atoms with E-state index in [-0.39, 0.29) is 55.2 Å². The molecule has 0 bridgehead atoms. The number of anilines is 2. The first-order valence-electron chi connectivity index (χ1n) is 16.2. The normalized spacial score (nSPS) is 12.8. The molecule has 0 aliphatic heterocycles. The van der Waals surface area contributed by atoms with Crippen LogP contribution in [0.25, 0.3) is 11.2 Å². The molecule has 0 spiro atoms. The van der Waals surface area contributed by atoms with Gasteiger partial charge in [0.05, 0.1) is 18.4 Å². The molecule has 0 saturated carbocycles. The predicted octanol–water partition coefficient (Wildman–Crippen LogP) is 3.06. The number of nitrogen functional groups attached to an aromatic ring is 1. The van der Waals surface area contributed by atoms with Crippen LogP contribution in [0.2, 0.25) is 0 Å². The number of aromatic amines is 1. The number of carboxylic acids is 1. The lowest BCUT2D eigenvalue weighted by atomic mass is 10.1.